The number of nitrogens with zero attached hydrogens (tertiary/aromatic N) is 2. The zero-order valence-electron chi connectivity index (χ0n) is 12.8. The second-order valence-corrected chi connectivity index (χ2v) is 5.59. The largest absolute Gasteiger partial charge is 0.493 e. The van der Waals surface area contributed by atoms with Gasteiger partial charge in [0.05, 0.1) is 13.2 Å². The molecule has 23 heavy (non-hydrogen) atoms. The Morgan fingerprint density at radius 2 is 2.43 bits per heavy atom. The monoisotopic (exact) mass is 330 g/mol. The molecule has 0 bridgehead atoms. The highest BCUT2D eigenvalue weighted by Crippen LogP contribution is 2.26. The number of amides is 1. The summed E-state index contributed by atoms with van der Waals surface area (Å²) in [7, 11) is 0. The van der Waals surface area contributed by atoms with E-state index in [1.807, 2.05) is 29.7 Å². The van der Waals surface area contributed by atoms with Gasteiger partial charge in [0.15, 0.2) is 10.6 Å². The molecule has 0 unspecified atom stereocenters. The number of rotatable bonds is 5. The van der Waals surface area contributed by atoms with Gasteiger partial charge in [0.2, 0.25) is 5.91 Å². The molecule has 0 radical (unpaired) electrons. The maximum absolute atomic E-state index is 11.9. The summed E-state index contributed by atoms with van der Waals surface area (Å²) in [5, 5.41) is 9.65. The molecule has 0 fully saturated rings. The van der Waals surface area contributed by atoms with Gasteiger partial charge in [-0.3, -0.25) is 9.89 Å². The molecule has 3 rings (SSSR count). The molecule has 1 aromatic carbocycles. The van der Waals surface area contributed by atoms with Gasteiger partial charge in [-0.1, -0.05) is 6.07 Å². The Balaban J connectivity index is 1.59. The summed E-state index contributed by atoms with van der Waals surface area (Å²) >= 11 is 5.11. The molecule has 2 N–H and O–H groups in total. The third-order valence-electron chi connectivity index (χ3n) is 3.71. The van der Waals surface area contributed by atoms with Crippen LogP contribution in [0.2, 0.25) is 0 Å². The molecule has 1 aromatic heterocycles. The van der Waals surface area contributed by atoms with Crippen molar-refractivity contribution in [2.75, 3.05) is 6.61 Å². The van der Waals surface area contributed by atoms with Crippen molar-refractivity contribution in [1.29, 1.82) is 0 Å². The van der Waals surface area contributed by atoms with E-state index in [9.17, 15) is 4.79 Å². The summed E-state index contributed by atoms with van der Waals surface area (Å²) in [4.78, 5) is 11.9. The minimum atomic E-state index is -0.168. The van der Waals surface area contributed by atoms with Crippen LogP contribution in [0.15, 0.2) is 24.3 Å². The predicted octanol–water partition coefficient (Wildman–Crippen LogP) is 2.23. The second kappa shape index (κ2) is 6.78. The Bertz CT molecular complexity index is 807. The van der Waals surface area contributed by atoms with Crippen molar-refractivity contribution in [1.82, 2.24) is 20.1 Å². The fourth-order valence-electron chi connectivity index (χ4n) is 2.52. The molecular formula is C16H18N4O2S. The average Bonchev–Trinajstić information content (AvgIpc) is 3.16. The van der Waals surface area contributed by atoms with Gasteiger partial charge in [-0.15, -0.1) is 0 Å². The maximum atomic E-state index is 11.9. The van der Waals surface area contributed by atoms with Crippen LogP contribution in [-0.4, -0.2) is 27.3 Å². The lowest BCUT2D eigenvalue weighted by Crippen LogP contribution is -2.22. The second-order valence-electron chi connectivity index (χ2n) is 5.21. The number of ether oxygens (including phenoxy) is 1. The van der Waals surface area contributed by atoms with Crippen LogP contribution in [0, 0.1) is 4.77 Å². The van der Waals surface area contributed by atoms with Gasteiger partial charge in [0.25, 0.3) is 0 Å². The highest BCUT2D eigenvalue weighted by atomic mass is 32.1. The lowest BCUT2D eigenvalue weighted by atomic mass is 10.1. The number of hydrogen-bond acceptors (Lipinski definition) is 4. The van der Waals surface area contributed by atoms with Crippen molar-refractivity contribution in [2.24, 2.45) is 0 Å². The lowest BCUT2D eigenvalue weighted by Gasteiger charge is -2.04. The normalized spacial score (nSPS) is 13.1. The minimum absolute atomic E-state index is 0.168. The standard InChI is InChI=1S/C16H18N4O2S/c1-2-20-14(18-19-16(20)23)10-17-15(21)6-4-11-3-5-13-12(9-11)7-8-22-13/h3-6,9H,2,7-8,10H2,1H3,(H,17,21)(H,19,23)/b6-4+. The van der Waals surface area contributed by atoms with E-state index >= 15 is 0 Å². The van der Waals surface area contributed by atoms with Crippen molar-refractivity contribution >= 4 is 24.2 Å². The number of aromatic amines is 1. The van der Waals surface area contributed by atoms with Crippen LogP contribution in [0.1, 0.15) is 23.9 Å². The Morgan fingerprint density at radius 3 is 3.26 bits per heavy atom. The smallest absolute Gasteiger partial charge is 0.244 e. The van der Waals surface area contributed by atoms with Gasteiger partial charge < -0.3 is 14.6 Å². The Kier molecular flexibility index (Phi) is 4.57. The molecule has 0 atom stereocenters. The van der Waals surface area contributed by atoms with Gasteiger partial charge in [0.1, 0.15) is 5.75 Å². The predicted molar refractivity (Wildman–Crippen MR) is 89.6 cm³/mol. The van der Waals surface area contributed by atoms with Crippen molar-refractivity contribution in [3.8, 4) is 5.75 Å². The van der Waals surface area contributed by atoms with Crippen molar-refractivity contribution < 1.29 is 9.53 Å². The van der Waals surface area contributed by atoms with Crippen LogP contribution in [-0.2, 0) is 24.3 Å². The van der Waals surface area contributed by atoms with Gasteiger partial charge >= 0.3 is 0 Å². The van der Waals surface area contributed by atoms with E-state index in [1.54, 1.807) is 6.08 Å². The van der Waals surface area contributed by atoms with E-state index in [-0.39, 0.29) is 5.91 Å². The van der Waals surface area contributed by atoms with Gasteiger partial charge in [0, 0.05) is 19.0 Å². The first kappa shape index (κ1) is 15.5. The number of carbonyl (C=O) groups excluding carboxylic acids is 1. The average molecular weight is 330 g/mol. The molecule has 2 aromatic rings. The molecule has 6 nitrogen and oxygen atoms in total. The van der Waals surface area contributed by atoms with E-state index in [2.05, 4.69) is 15.5 Å². The van der Waals surface area contributed by atoms with Crippen LogP contribution < -0.4 is 10.1 Å². The summed E-state index contributed by atoms with van der Waals surface area (Å²) < 4.78 is 7.88. The first-order valence-corrected chi connectivity index (χ1v) is 7.94. The van der Waals surface area contributed by atoms with Crippen molar-refractivity contribution in [3.63, 3.8) is 0 Å². The Hall–Kier alpha value is -2.41. The molecule has 7 heteroatoms. The number of aromatic nitrogens is 3. The number of nitrogens with one attached hydrogen (secondary N) is 2. The number of benzene rings is 1. The van der Waals surface area contributed by atoms with Crippen LogP contribution >= 0.6 is 12.2 Å². The molecule has 0 spiro atoms. The van der Waals surface area contributed by atoms with E-state index < -0.39 is 0 Å². The summed E-state index contributed by atoms with van der Waals surface area (Å²) in [5.74, 6) is 1.49. The molecule has 0 aliphatic carbocycles. The van der Waals surface area contributed by atoms with E-state index in [1.165, 1.54) is 11.6 Å². The van der Waals surface area contributed by atoms with E-state index in [4.69, 9.17) is 17.0 Å². The zero-order valence-corrected chi connectivity index (χ0v) is 13.7. The Morgan fingerprint density at radius 1 is 1.57 bits per heavy atom. The first-order chi connectivity index (χ1) is 11.2. The van der Waals surface area contributed by atoms with E-state index in [0.717, 1.165) is 24.3 Å². The number of H-pyrrole nitrogens is 1. The number of hydrogen-bond donors (Lipinski definition) is 2. The third-order valence-corrected chi connectivity index (χ3v) is 4.03. The highest BCUT2D eigenvalue weighted by molar-refractivity contribution is 7.71. The summed E-state index contributed by atoms with van der Waals surface area (Å²) in [6, 6.07) is 5.93. The zero-order chi connectivity index (χ0) is 16.2. The molecule has 1 aliphatic rings. The SMILES string of the molecule is CCn1c(CNC(=O)/C=C/c2ccc3c(c2)CCO3)n[nH]c1=S. The third kappa shape index (κ3) is 3.50. The molecule has 0 saturated carbocycles. The quantitative estimate of drug-likeness (QED) is 0.651. The van der Waals surface area contributed by atoms with E-state index in [0.29, 0.717) is 23.7 Å². The summed E-state index contributed by atoms with van der Waals surface area (Å²) in [5.41, 5.74) is 2.17. The van der Waals surface area contributed by atoms with Crippen molar-refractivity contribution in [3.05, 3.63) is 46.0 Å². The minimum Gasteiger partial charge on any atom is -0.493 e. The van der Waals surface area contributed by atoms with Gasteiger partial charge in [-0.05, 0) is 48.5 Å². The number of fused-ring (bicyclic) bond motifs is 1. The van der Waals surface area contributed by atoms with Crippen LogP contribution in [0.5, 0.6) is 5.75 Å². The lowest BCUT2D eigenvalue weighted by molar-refractivity contribution is -0.116. The van der Waals surface area contributed by atoms with Crippen LogP contribution in [0.4, 0.5) is 0 Å². The molecule has 120 valence electrons. The van der Waals surface area contributed by atoms with Crippen LogP contribution in [0.25, 0.3) is 6.08 Å². The van der Waals surface area contributed by atoms with Crippen LogP contribution in [0.3, 0.4) is 0 Å². The molecule has 1 aliphatic heterocycles. The molecule has 0 saturated heterocycles. The topological polar surface area (TPSA) is 71.9 Å². The molecular weight excluding hydrogens is 312 g/mol. The fraction of sp³-hybridized carbons (Fsp3) is 0.312. The summed E-state index contributed by atoms with van der Waals surface area (Å²) in [6.45, 7) is 3.76. The van der Waals surface area contributed by atoms with Gasteiger partial charge in [-0.25, -0.2) is 0 Å². The fourth-order valence-corrected chi connectivity index (χ4v) is 2.80. The first-order valence-electron chi connectivity index (χ1n) is 7.53. The van der Waals surface area contributed by atoms with Gasteiger partial charge in [-0.2, -0.15) is 5.10 Å². The summed E-state index contributed by atoms with van der Waals surface area (Å²) in [6.07, 6.45) is 4.24. The maximum Gasteiger partial charge on any atom is 0.244 e. The number of carbonyl (C=O) groups is 1. The molecule has 1 amide bonds. The molecule has 2 heterocycles. The Labute approximate surface area is 139 Å². The van der Waals surface area contributed by atoms with Crippen molar-refractivity contribution in [2.45, 2.75) is 26.4 Å². The highest BCUT2D eigenvalue weighted by Gasteiger charge is 2.11.